The van der Waals surface area contributed by atoms with Gasteiger partial charge in [-0.3, -0.25) is 0 Å². The lowest BCUT2D eigenvalue weighted by molar-refractivity contribution is 0.358. The molecule has 1 unspecified atom stereocenters. The Morgan fingerprint density at radius 2 is 2.11 bits per heavy atom. The predicted octanol–water partition coefficient (Wildman–Crippen LogP) is 1.82. The summed E-state index contributed by atoms with van der Waals surface area (Å²) < 4.78 is 5.27. The van der Waals surface area contributed by atoms with E-state index >= 15 is 0 Å². The highest BCUT2D eigenvalue weighted by atomic mass is 32.8. The van der Waals surface area contributed by atoms with E-state index < -0.39 is 0 Å². The largest absolute Gasteiger partial charge is 0.312 e. The minimum Gasteiger partial charge on any atom is -0.312 e. The van der Waals surface area contributed by atoms with Crippen molar-refractivity contribution in [2.24, 2.45) is 0 Å². The normalized spacial score (nSPS) is 13.6. The smallest absolute Gasteiger partial charge is 0.0616 e. The summed E-state index contributed by atoms with van der Waals surface area (Å²) in [6, 6.07) is 0. The van der Waals surface area contributed by atoms with Gasteiger partial charge in [0, 0.05) is 15.5 Å². The van der Waals surface area contributed by atoms with E-state index in [0.29, 0.717) is 0 Å². The van der Waals surface area contributed by atoms with Gasteiger partial charge in [0.15, 0.2) is 0 Å². The maximum Gasteiger partial charge on any atom is 0.0616 e. The van der Waals surface area contributed by atoms with Gasteiger partial charge in [-0.05, 0) is 17.6 Å². The Morgan fingerprint density at radius 1 is 1.44 bits per heavy atom. The summed E-state index contributed by atoms with van der Waals surface area (Å²) in [5, 5.41) is 0. The molecule has 0 fully saturated rings. The fraction of sp³-hybridized carbons (Fsp3) is 1.00. The molecule has 0 radical (unpaired) electrons. The molecule has 0 bridgehead atoms. The van der Waals surface area contributed by atoms with Crippen molar-refractivity contribution < 1.29 is 4.18 Å². The lowest BCUT2D eigenvalue weighted by atomic mass is 10.4. The molecule has 0 heterocycles. The van der Waals surface area contributed by atoms with Crippen LogP contribution in [0.1, 0.15) is 26.7 Å². The molecule has 0 aromatic carbocycles. The average Bonchev–Trinajstić information content (AvgIpc) is 1.89. The lowest BCUT2D eigenvalue weighted by Crippen LogP contribution is -1.98. The number of rotatable bonds is 5. The monoisotopic (exact) mass is 166 g/mol. The highest BCUT2D eigenvalue weighted by Crippen LogP contribution is 1.91. The molecule has 0 rings (SSSR count). The molecule has 0 aliphatic rings. The first kappa shape index (κ1) is 9.53. The first-order valence-corrected chi connectivity index (χ1v) is 5.57. The molecule has 0 N–H and O–H groups in total. The zero-order valence-electron chi connectivity index (χ0n) is 6.05. The summed E-state index contributed by atoms with van der Waals surface area (Å²) in [6.45, 7) is 5.05. The topological polar surface area (TPSA) is 9.23 Å². The molecule has 0 aliphatic carbocycles. The van der Waals surface area contributed by atoms with E-state index in [1.165, 1.54) is 6.42 Å². The summed E-state index contributed by atoms with van der Waals surface area (Å²) in [4.78, 5) is 0. The Bertz CT molecular complexity index is 83.1. The van der Waals surface area contributed by atoms with Crippen molar-refractivity contribution >= 4 is 20.9 Å². The lowest BCUT2D eigenvalue weighted by Gasteiger charge is -2.00. The minimum atomic E-state index is -0.195. The molecule has 0 saturated carbocycles. The summed E-state index contributed by atoms with van der Waals surface area (Å²) in [5.74, 6) is 0.971. The molecular formula is C6H14OS2. The van der Waals surface area contributed by atoms with Gasteiger partial charge in [0.25, 0.3) is 0 Å². The maximum atomic E-state index is 5.27. The molecule has 0 amide bonds. The van der Waals surface area contributed by atoms with Gasteiger partial charge in [-0.1, -0.05) is 20.3 Å². The highest BCUT2D eigenvalue weighted by Gasteiger charge is 1.88. The first-order chi connectivity index (χ1) is 4.31. The van der Waals surface area contributed by atoms with Gasteiger partial charge in [0.2, 0.25) is 0 Å². The van der Waals surface area contributed by atoms with Crippen molar-refractivity contribution in [1.82, 2.24) is 0 Å². The Kier molecular flexibility index (Phi) is 7.04. The van der Waals surface area contributed by atoms with Gasteiger partial charge in [-0.2, -0.15) is 0 Å². The van der Waals surface area contributed by atoms with Crippen LogP contribution in [-0.4, -0.2) is 12.4 Å². The molecule has 0 aromatic heterocycles. The van der Waals surface area contributed by atoms with E-state index in [4.69, 9.17) is 15.4 Å². The molecule has 0 saturated heterocycles. The van der Waals surface area contributed by atoms with Crippen molar-refractivity contribution in [3.05, 3.63) is 0 Å². The quantitative estimate of drug-likeness (QED) is 0.576. The standard InChI is InChI=1S/C6H14OS2/c1-3-5-6-7-9(8)4-2/h3-6H2,1-2H3. The van der Waals surface area contributed by atoms with Crippen molar-refractivity contribution in [3.8, 4) is 0 Å². The molecule has 9 heavy (non-hydrogen) atoms. The van der Waals surface area contributed by atoms with E-state index in [1.54, 1.807) is 0 Å². The minimum absolute atomic E-state index is 0.195. The summed E-state index contributed by atoms with van der Waals surface area (Å²) in [5.41, 5.74) is 0. The Morgan fingerprint density at radius 3 is 2.56 bits per heavy atom. The van der Waals surface area contributed by atoms with Crippen molar-refractivity contribution in [2.45, 2.75) is 26.7 Å². The number of hydrogen-bond donors (Lipinski definition) is 0. The van der Waals surface area contributed by atoms with Crippen LogP contribution in [-0.2, 0) is 25.1 Å². The van der Waals surface area contributed by atoms with Crippen LogP contribution in [0.2, 0.25) is 0 Å². The number of hydrogen-bond acceptors (Lipinski definition) is 2. The van der Waals surface area contributed by atoms with Crippen LogP contribution >= 0.6 is 0 Å². The summed E-state index contributed by atoms with van der Waals surface area (Å²) in [6.07, 6.45) is 2.33. The zero-order valence-corrected chi connectivity index (χ0v) is 7.69. The molecule has 0 aromatic rings. The molecule has 56 valence electrons. The molecule has 1 atom stereocenters. The second-order valence-corrected chi connectivity index (χ2v) is 4.30. The van der Waals surface area contributed by atoms with Crippen LogP contribution in [0.5, 0.6) is 0 Å². The third-order valence-corrected chi connectivity index (χ3v) is 2.85. The van der Waals surface area contributed by atoms with Gasteiger partial charge in [-0.15, -0.1) is 0 Å². The van der Waals surface area contributed by atoms with Crippen molar-refractivity contribution in [3.63, 3.8) is 0 Å². The molecule has 0 aliphatic heterocycles. The van der Waals surface area contributed by atoms with Gasteiger partial charge >= 0.3 is 0 Å². The summed E-state index contributed by atoms with van der Waals surface area (Å²) >= 11 is 4.96. The second kappa shape index (κ2) is 6.65. The van der Waals surface area contributed by atoms with Gasteiger partial charge in [0.1, 0.15) is 0 Å². The highest BCUT2D eigenvalue weighted by molar-refractivity contribution is 8.26. The van der Waals surface area contributed by atoms with Crippen LogP contribution < -0.4 is 0 Å². The Hall–Kier alpha value is 0.530. The molecule has 3 heteroatoms. The fourth-order valence-corrected chi connectivity index (χ4v) is 1.05. The average molecular weight is 166 g/mol. The van der Waals surface area contributed by atoms with E-state index in [0.717, 1.165) is 18.8 Å². The van der Waals surface area contributed by atoms with Gasteiger partial charge < -0.3 is 4.18 Å². The third-order valence-electron chi connectivity index (χ3n) is 0.948. The van der Waals surface area contributed by atoms with Gasteiger partial charge in [0.05, 0.1) is 6.61 Å². The first-order valence-electron chi connectivity index (χ1n) is 3.32. The zero-order chi connectivity index (χ0) is 7.11. The third kappa shape index (κ3) is 6.41. The van der Waals surface area contributed by atoms with Crippen LogP contribution in [0.25, 0.3) is 0 Å². The Labute approximate surface area is 64.6 Å². The van der Waals surface area contributed by atoms with Gasteiger partial charge in [-0.25, -0.2) is 0 Å². The van der Waals surface area contributed by atoms with E-state index in [9.17, 15) is 0 Å². The SMILES string of the molecule is CCCCOS(=S)CC. The molecule has 1 nitrogen and oxygen atoms in total. The molecular weight excluding hydrogens is 152 g/mol. The Balaban J connectivity index is 2.97. The van der Waals surface area contributed by atoms with Crippen LogP contribution in [0.4, 0.5) is 0 Å². The molecule has 0 spiro atoms. The van der Waals surface area contributed by atoms with Crippen molar-refractivity contribution in [2.75, 3.05) is 12.4 Å². The van der Waals surface area contributed by atoms with Crippen LogP contribution in [0.15, 0.2) is 0 Å². The second-order valence-electron chi connectivity index (χ2n) is 1.77. The maximum absolute atomic E-state index is 5.27. The van der Waals surface area contributed by atoms with Crippen molar-refractivity contribution in [1.29, 1.82) is 0 Å². The predicted molar refractivity (Wildman–Crippen MR) is 46.1 cm³/mol. The van der Waals surface area contributed by atoms with E-state index in [-0.39, 0.29) is 9.74 Å². The number of unbranched alkanes of at least 4 members (excludes halogenated alkanes) is 1. The van der Waals surface area contributed by atoms with Crippen LogP contribution in [0, 0.1) is 0 Å². The van der Waals surface area contributed by atoms with E-state index in [1.807, 2.05) is 0 Å². The van der Waals surface area contributed by atoms with E-state index in [2.05, 4.69) is 13.8 Å². The summed E-state index contributed by atoms with van der Waals surface area (Å²) in [7, 11) is -0.195. The van der Waals surface area contributed by atoms with Crippen LogP contribution in [0.3, 0.4) is 0 Å². The fourth-order valence-electron chi connectivity index (χ4n) is 0.380.